The Morgan fingerprint density at radius 3 is 2.12 bits per heavy atom. The standard InChI is InChI=1S/C21H27F3N4O3S/c22-21(23,24)17-16(18(29)26-15-1-3-32(30,31)4-2-15)11-25-19(27-17)28-20-8-12-5-13(9-20)7-14(6-12)10-20/h11-15H,1-10H2,(H,26,29)(H,25,27,28). The summed E-state index contributed by atoms with van der Waals surface area (Å²) >= 11 is 0. The van der Waals surface area contributed by atoms with Crippen molar-refractivity contribution in [2.24, 2.45) is 17.8 Å². The van der Waals surface area contributed by atoms with Crippen molar-refractivity contribution in [3.8, 4) is 0 Å². The topological polar surface area (TPSA) is 101 Å². The molecule has 1 aromatic heterocycles. The van der Waals surface area contributed by atoms with Crippen LogP contribution in [-0.2, 0) is 16.0 Å². The Kier molecular flexibility index (Phi) is 5.18. The van der Waals surface area contributed by atoms with Crippen LogP contribution < -0.4 is 10.6 Å². The maximum Gasteiger partial charge on any atom is 0.434 e. The lowest BCUT2D eigenvalue weighted by Crippen LogP contribution is -2.55. The second-order valence-electron chi connectivity index (χ2n) is 10.2. The summed E-state index contributed by atoms with van der Waals surface area (Å²) in [4.78, 5) is 20.4. The molecule has 176 valence electrons. The average Bonchev–Trinajstić information content (AvgIpc) is 2.67. The molecule has 6 rings (SSSR count). The molecule has 1 aromatic rings. The number of alkyl halides is 3. The Morgan fingerprint density at radius 2 is 1.59 bits per heavy atom. The number of halogens is 3. The summed E-state index contributed by atoms with van der Waals surface area (Å²) in [6.07, 6.45) is 2.88. The minimum Gasteiger partial charge on any atom is -0.349 e. The van der Waals surface area contributed by atoms with E-state index in [1.807, 2.05) is 0 Å². The fourth-order valence-corrected chi connectivity index (χ4v) is 8.11. The highest BCUT2D eigenvalue weighted by Crippen LogP contribution is 2.56. The van der Waals surface area contributed by atoms with Crippen LogP contribution in [0.2, 0.25) is 0 Å². The predicted molar refractivity (Wildman–Crippen MR) is 111 cm³/mol. The van der Waals surface area contributed by atoms with Crippen LogP contribution in [0.3, 0.4) is 0 Å². The number of nitrogens with zero attached hydrogens (tertiary/aromatic N) is 2. The SMILES string of the molecule is O=C(NC1CCS(=O)(=O)CC1)c1cnc(NC23CC4CC(CC(C4)C2)C3)nc1C(F)(F)F. The Labute approximate surface area is 184 Å². The Morgan fingerprint density at radius 1 is 1.03 bits per heavy atom. The number of aromatic nitrogens is 2. The quantitative estimate of drug-likeness (QED) is 0.698. The molecule has 4 aliphatic carbocycles. The maximum atomic E-state index is 13.8. The van der Waals surface area contributed by atoms with Crippen LogP contribution in [0, 0.1) is 17.8 Å². The van der Waals surface area contributed by atoms with Crippen molar-refractivity contribution in [3.05, 3.63) is 17.5 Å². The second kappa shape index (κ2) is 7.56. The third kappa shape index (κ3) is 4.32. The molecule has 0 aromatic carbocycles. The fraction of sp³-hybridized carbons (Fsp3) is 0.762. The van der Waals surface area contributed by atoms with Crippen LogP contribution in [0.15, 0.2) is 6.20 Å². The van der Waals surface area contributed by atoms with Crippen molar-refractivity contribution >= 4 is 21.7 Å². The van der Waals surface area contributed by atoms with Gasteiger partial charge in [-0.1, -0.05) is 0 Å². The van der Waals surface area contributed by atoms with Gasteiger partial charge in [-0.3, -0.25) is 4.79 Å². The van der Waals surface area contributed by atoms with Gasteiger partial charge in [0.15, 0.2) is 5.69 Å². The molecule has 0 radical (unpaired) electrons. The van der Waals surface area contributed by atoms with Crippen LogP contribution in [0.5, 0.6) is 0 Å². The first-order valence-electron chi connectivity index (χ1n) is 11.2. The number of hydrogen-bond acceptors (Lipinski definition) is 6. The molecule has 0 atom stereocenters. The molecule has 2 N–H and O–H groups in total. The number of nitrogens with one attached hydrogen (secondary N) is 2. The summed E-state index contributed by atoms with van der Waals surface area (Å²) in [7, 11) is -3.14. The van der Waals surface area contributed by atoms with Crippen molar-refractivity contribution in [1.29, 1.82) is 0 Å². The van der Waals surface area contributed by atoms with E-state index in [9.17, 15) is 26.4 Å². The molecule has 4 bridgehead atoms. The molecule has 0 spiro atoms. The van der Waals surface area contributed by atoms with Crippen LogP contribution in [0.1, 0.15) is 67.4 Å². The molecule has 5 fully saturated rings. The summed E-state index contributed by atoms with van der Waals surface area (Å²) < 4.78 is 64.5. The van der Waals surface area contributed by atoms with Gasteiger partial charge in [-0.05, 0) is 69.1 Å². The Hall–Kier alpha value is -1.91. The van der Waals surface area contributed by atoms with Crippen LogP contribution in [-0.4, -0.2) is 47.4 Å². The van der Waals surface area contributed by atoms with Gasteiger partial charge in [-0.25, -0.2) is 18.4 Å². The predicted octanol–water partition coefficient (Wildman–Crippen LogP) is 3.18. The number of carbonyl (C=O) groups excluding carboxylic acids is 1. The highest BCUT2D eigenvalue weighted by Gasteiger charge is 2.51. The Balaban J connectivity index is 1.35. The van der Waals surface area contributed by atoms with Gasteiger partial charge in [-0.15, -0.1) is 0 Å². The van der Waals surface area contributed by atoms with E-state index in [1.165, 1.54) is 19.3 Å². The number of rotatable bonds is 4. The zero-order valence-corrected chi connectivity index (χ0v) is 18.4. The van der Waals surface area contributed by atoms with Gasteiger partial charge in [0.1, 0.15) is 9.84 Å². The van der Waals surface area contributed by atoms with Gasteiger partial charge in [0, 0.05) is 17.8 Å². The van der Waals surface area contributed by atoms with E-state index < -0.39 is 39.2 Å². The van der Waals surface area contributed by atoms with Gasteiger partial charge in [-0.2, -0.15) is 13.2 Å². The fourth-order valence-electron chi connectivity index (χ4n) is 6.62. The summed E-state index contributed by atoms with van der Waals surface area (Å²) in [5.74, 6) is 0.645. The zero-order valence-electron chi connectivity index (χ0n) is 17.6. The molecule has 2 heterocycles. The highest BCUT2D eigenvalue weighted by atomic mass is 32.2. The van der Waals surface area contributed by atoms with Gasteiger partial charge >= 0.3 is 6.18 Å². The zero-order chi connectivity index (χ0) is 22.7. The normalized spacial score (nSPS) is 33.8. The minimum absolute atomic E-state index is 0.0837. The lowest BCUT2D eigenvalue weighted by Gasteiger charge is -2.56. The number of amides is 1. The van der Waals surface area contributed by atoms with Gasteiger partial charge in [0.05, 0.1) is 17.1 Å². The van der Waals surface area contributed by atoms with E-state index in [2.05, 4.69) is 20.6 Å². The molecule has 0 unspecified atom stereocenters. The Bertz CT molecular complexity index is 978. The van der Waals surface area contributed by atoms with E-state index in [4.69, 9.17) is 0 Å². The molecule has 1 aliphatic heterocycles. The van der Waals surface area contributed by atoms with E-state index in [0.29, 0.717) is 17.8 Å². The molecule has 11 heteroatoms. The lowest BCUT2D eigenvalue weighted by atomic mass is 9.53. The lowest BCUT2D eigenvalue weighted by molar-refractivity contribution is -0.141. The van der Waals surface area contributed by atoms with E-state index >= 15 is 0 Å². The third-order valence-electron chi connectivity index (χ3n) is 7.61. The van der Waals surface area contributed by atoms with Gasteiger partial charge in [0.25, 0.3) is 5.91 Å². The van der Waals surface area contributed by atoms with Gasteiger partial charge < -0.3 is 10.6 Å². The largest absolute Gasteiger partial charge is 0.434 e. The molecule has 32 heavy (non-hydrogen) atoms. The smallest absolute Gasteiger partial charge is 0.349 e. The first-order valence-corrected chi connectivity index (χ1v) is 13.1. The van der Waals surface area contributed by atoms with E-state index in [-0.39, 0.29) is 35.8 Å². The van der Waals surface area contributed by atoms with Crippen molar-refractivity contribution in [1.82, 2.24) is 15.3 Å². The molecule has 5 aliphatic rings. The van der Waals surface area contributed by atoms with Crippen LogP contribution in [0.25, 0.3) is 0 Å². The van der Waals surface area contributed by atoms with Gasteiger partial charge in [0.2, 0.25) is 5.95 Å². The van der Waals surface area contributed by atoms with E-state index in [1.54, 1.807) is 0 Å². The van der Waals surface area contributed by atoms with Crippen LogP contribution >= 0.6 is 0 Å². The minimum atomic E-state index is -4.82. The van der Waals surface area contributed by atoms with E-state index in [0.717, 1.165) is 25.5 Å². The monoisotopic (exact) mass is 472 g/mol. The maximum absolute atomic E-state index is 13.8. The number of carbonyl (C=O) groups is 1. The number of hydrogen-bond donors (Lipinski definition) is 2. The van der Waals surface area contributed by atoms with Crippen molar-refractivity contribution < 1.29 is 26.4 Å². The molecule has 4 saturated carbocycles. The summed E-state index contributed by atoms with van der Waals surface area (Å²) in [5.41, 5.74) is -2.16. The van der Waals surface area contributed by atoms with Crippen molar-refractivity contribution in [2.75, 3.05) is 16.8 Å². The molecule has 1 saturated heterocycles. The van der Waals surface area contributed by atoms with Crippen molar-refractivity contribution in [2.45, 2.75) is 69.1 Å². The third-order valence-corrected chi connectivity index (χ3v) is 9.32. The molecule has 1 amide bonds. The molecular formula is C21H27F3N4O3S. The molecular weight excluding hydrogens is 445 g/mol. The second-order valence-corrected chi connectivity index (χ2v) is 12.5. The highest BCUT2D eigenvalue weighted by molar-refractivity contribution is 7.91. The first-order chi connectivity index (χ1) is 15.0. The summed E-state index contributed by atoms with van der Waals surface area (Å²) in [5, 5.41) is 5.76. The summed E-state index contributed by atoms with van der Waals surface area (Å²) in [6, 6.07) is -0.489. The average molecular weight is 473 g/mol. The number of sulfone groups is 1. The van der Waals surface area contributed by atoms with Crippen LogP contribution in [0.4, 0.5) is 19.1 Å². The summed E-state index contributed by atoms with van der Waals surface area (Å²) in [6.45, 7) is 0. The number of anilines is 1. The van der Waals surface area contributed by atoms with Crippen molar-refractivity contribution in [3.63, 3.8) is 0 Å². The molecule has 7 nitrogen and oxygen atoms in total. The first kappa shape index (κ1) is 21.9.